The van der Waals surface area contributed by atoms with Crippen LogP contribution < -0.4 is 10.6 Å². The Morgan fingerprint density at radius 3 is 3.05 bits per heavy atom. The van der Waals surface area contributed by atoms with Crippen LogP contribution in [0.1, 0.15) is 30.3 Å². The number of hydrogen-bond acceptors (Lipinski definition) is 5. The molecule has 0 radical (unpaired) electrons. The smallest absolute Gasteiger partial charge is 0.271 e. The molecule has 6 nitrogen and oxygen atoms in total. The van der Waals surface area contributed by atoms with E-state index < -0.39 is 0 Å². The summed E-state index contributed by atoms with van der Waals surface area (Å²) in [6.45, 7) is 4.51. The van der Waals surface area contributed by atoms with E-state index in [1.165, 1.54) is 12.6 Å². The first-order valence-corrected chi connectivity index (χ1v) is 6.75. The van der Waals surface area contributed by atoms with Crippen molar-refractivity contribution in [2.75, 3.05) is 32.0 Å². The summed E-state index contributed by atoms with van der Waals surface area (Å²) in [6, 6.07) is 0.439. The van der Waals surface area contributed by atoms with E-state index >= 15 is 0 Å². The average Bonchev–Trinajstić information content (AvgIpc) is 2.82. The van der Waals surface area contributed by atoms with Crippen LogP contribution in [0.25, 0.3) is 0 Å². The minimum absolute atomic E-state index is 0.160. The standard InChI is InChI=1S/C13H21N5O/c1-3-15-12-9-14-8-11(17-12)13(19)16-7-10-5-4-6-18(10)2/h8-10H,3-7H2,1-2H3,(H,15,17)(H,16,19). The SMILES string of the molecule is CCNc1cncc(C(=O)NCC2CCCN2C)n1. The van der Waals surface area contributed by atoms with Crippen LogP contribution in [0, 0.1) is 0 Å². The molecule has 6 heteroatoms. The van der Waals surface area contributed by atoms with Gasteiger partial charge >= 0.3 is 0 Å². The predicted molar refractivity (Wildman–Crippen MR) is 74.2 cm³/mol. The number of aromatic nitrogens is 2. The quantitative estimate of drug-likeness (QED) is 0.819. The molecule has 0 aliphatic carbocycles. The van der Waals surface area contributed by atoms with E-state index in [0.29, 0.717) is 24.1 Å². The van der Waals surface area contributed by atoms with Crippen molar-refractivity contribution in [2.24, 2.45) is 0 Å². The lowest BCUT2D eigenvalue weighted by Crippen LogP contribution is -2.38. The normalized spacial score (nSPS) is 19.4. The van der Waals surface area contributed by atoms with Gasteiger partial charge in [0.2, 0.25) is 0 Å². The summed E-state index contributed by atoms with van der Waals surface area (Å²) in [6.07, 6.45) is 5.45. The Balaban J connectivity index is 1.90. The fourth-order valence-corrected chi connectivity index (χ4v) is 2.28. The summed E-state index contributed by atoms with van der Waals surface area (Å²) in [5, 5.41) is 5.97. The van der Waals surface area contributed by atoms with Gasteiger partial charge in [0.05, 0.1) is 12.4 Å². The molecular formula is C13H21N5O. The van der Waals surface area contributed by atoms with Crippen molar-refractivity contribution < 1.29 is 4.79 Å². The van der Waals surface area contributed by atoms with E-state index in [4.69, 9.17) is 0 Å². The highest BCUT2D eigenvalue weighted by Gasteiger charge is 2.21. The molecule has 1 aliphatic heterocycles. The largest absolute Gasteiger partial charge is 0.369 e. The van der Waals surface area contributed by atoms with Gasteiger partial charge in [-0.25, -0.2) is 4.98 Å². The number of anilines is 1. The van der Waals surface area contributed by atoms with Gasteiger partial charge < -0.3 is 15.5 Å². The number of nitrogens with zero attached hydrogens (tertiary/aromatic N) is 3. The van der Waals surface area contributed by atoms with E-state index in [2.05, 4.69) is 32.5 Å². The second-order valence-electron chi connectivity index (χ2n) is 4.81. The van der Waals surface area contributed by atoms with Crippen molar-refractivity contribution in [3.05, 3.63) is 18.1 Å². The third-order valence-corrected chi connectivity index (χ3v) is 3.39. The lowest BCUT2D eigenvalue weighted by Gasteiger charge is -2.19. The van der Waals surface area contributed by atoms with Crippen molar-refractivity contribution in [3.8, 4) is 0 Å². The van der Waals surface area contributed by atoms with Gasteiger partial charge in [0.1, 0.15) is 11.5 Å². The van der Waals surface area contributed by atoms with E-state index in [1.54, 1.807) is 6.20 Å². The summed E-state index contributed by atoms with van der Waals surface area (Å²) in [5.74, 6) is 0.473. The number of carbonyl (C=O) groups is 1. The molecule has 1 unspecified atom stereocenters. The molecule has 1 aromatic heterocycles. The third kappa shape index (κ3) is 3.64. The lowest BCUT2D eigenvalue weighted by molar-refractivity contribution is 0.0938. The van der Waals surface area contributed by atoms with Crippen LogP contribution in [0.5, 0.6) is 0 Å². The van der Waals surface area contributed by atoms with Gasteiger partial charge in [-0.1, -0.05) is 0 Å². The Labute approximate surface area is 113 Å². The molecule has 1 atom stereocenters. The van der Waals surface area contributed by atoms with Crippen LogP contribution >= 0.6 is 0 Å². The molecule has 2 N–H and O–H groups in total. The zero-order chi connectivity index (χ0) is 13.7. The van der Waals surface area contributed by atoms with Crippen LogP contribution in [0.4, 0.5) is 5.82 Å². The maximum atomic E-state index is 12.0. The minimum Gasteiger partial charge on any atom is -0.369 e. The number of amides is 1. The summed E-state index contributed by atoms with van der Waals surface area (Å²) in [4.78, 5) is 22.5. The molecule has 0 saturated carbocycles. The predicted octanol–water partition coefficient (Wildman–Crippen LogP) is 0.732. The van der Waals surface area contributed by atoms with E-state index in [1.807, 2.05) is 6.92 Å². The number of likely N-dealkylation sites (N-methyl/N-ethyl adjacent to an activating group) is 1. The Bertz CT molecular complexity index is 437. The molecule has 2 heterocycles. The van der Waals surface area contributed by atoms with Crippen LogP contribution in [0.3, 0.4) is 0 Å². The topological polar surface area (TPSA) is 70.2 Å². The van der Waals surface area contributed by atoms with Crippen molar-refractivity contribution in [1.29, 1.82) is 0 Å². The van der Waals surface area contributed by atoms with E-state index in [-0.39, 0.29) is 5.91 Å². The van der Waals surface area contributed by atoms with E-state index in [9.17, 15) is 4.79 Å². The first kappa shape index (κ1) is 13.7. The first-order chi connectivity index (χ1) is 9.20. The van der Waals surface area contributed by atoms with Gasteiger partial charge in [0.15, 0.2) is 0 Å². The van der Waals surface area contributed by atoms with Crippen LogP contribution in [0.15, 0.2) is 12.4 Å². The number of likely N-dealkylation sites (tertiary alicyclic amines) is 1. The summed E-state index contributed by atoms with van der Waals surface area (Å²) in [7, 11) is 2.09. The Morgan fingerprint density at radius 1 is 1.53 bits per heavy atom. The molecule has 1 aliphatic rings. The van der Waals surface area contributed by atoms with Gasteiger partial charge in [-0.15, -0.1) is 0 Å². The molecule has 0 spiro atoms. The molecule has 1 amide bonds. The van der Waals surface area contributed by atoms with Gasteiger partial charge in [0, 0.05) is 19.1 Å². The number of hydrogen-bond donors (Lipinski definition) is 2. The molecule has 19 heavy (non-hydrogen) atoms. The number of carbonyl (C=O) groups excluding carboxylic acids is 1. The lowest BCUT2D eigenvalue weighted by atomic mass is 10.2. The van der Waals surface area contributed by atoms with Crippen LogP contribution in [0.2, 0.25) is 0 Å². The number of nitrogens with one attached hydrogen (secondary N) is 2. The first-order valence-electron chi connectivity index (χ1n) is 6.75. The fourth-order valence-electron chi connectivity index (χ4n) is 2.28. The maximum Gasteiger partial charge on any atom is 0.271 e. The highest BCUT2D eigenvalue weighted by molar-refractivity contribution is 5.92. The third-order valence-electron chi connectivity index (χ3n) is 3.39. The monoisotopic (exact) mass is 263 g/mol. The van der Waals surface area contributed by atoms with Gasteiger partial charge in [0.25, 0.3) is 5.91 Å². The van der Waals surface area contributed by atoms with E-state index in [0.717, 1.165) is 19.5 Å². The number of rotatable bonds is 5. The van der Waals surface area contributed by atoms with Crippen molar-refractivity contribution >= 4 is 11.7 Å². The molecule has 104 valence electrons. The van der Waals surface area contributed by atoms with Crippen molar-refractivity contribution in [3.63, 3.8) is 0 Å². The van der Waals surface area contributed by atoms with Gasteiger partial charge in [-0.3, -0.25) is 9.78 Å². The van der Waals surface area contributed by atoms with Gasteiger partial charge in [-0.05, 0) is 33.4 Å². The average molecular weight is 263 g/mol. The summed E-state index contributed by atoms with van der Waals surface area (Å²) >= 11 is 0. The van der Waals surface area contributed by atoms with Crippen molar-refractivity contribution in [2.45, 2.75) is 25.8 Å². The van der Waals surface area contributed by atoms with Crippen molar-refractivity contribution in [1.82, 2.24) is 20.2 Å². The summed E-state index contributed by atoms with van der Waals surface area (Å²) < 4.78 is 0. The Kier molecular flexibility index (Phi) is 4.68. The second-order valence-corrected chi connectivity index (χ2v) is 4.81. The molecular weight excluding hydrogens is 242 g/mol. The zero-order valence-electron chi connectivity index (χ0n) is 11.5. The molecule has 1 aromatic rings. The molecule has 0 aromatic carbocycles. The summed E-state index contributed by atoms with van der Waals surface area (Å²) in [5.41, 5.74) is 0.360. The molecule has 1 saturated heterocycles. The van der Waals surface area contributed by atoms with Crippen LogP contribution in [-0.2, 0) is 0 Å². The minimum atomic E-state index is -0.160. The molecule has 1 fully saturated rings. The van der Waals surface area contributed by atoms with Crippen LogP contribution in [-0.4, -0.2) is 53.5 Å². The Hall–Kier alpha value is -1.69. The fraction of sp³-hybridized carbons (Fsp3) is 0.615. The molecule has 0 bridgehead atoms. The van der Waals surface area contributed by atoms with Gasteiger partial charge in [-0.2, -0.15) is 0 Å². The molecule has 2 rings (SSSR count). The second kappa shape index (κ2) is 6.47. The Morgan fingerprint density at radius 2 is 2.37 bits per heavy atom. The zero-order valence-corrected chi connectivity index (χ0v) is 11.5. The highest BCUT2D eigenvalue weighted by Crippen LogP contribution is 2.13. The highest BCUT2D eigenvalue weighted by atomic mass is 16.1. The maximum absolute atomic E-state index is 12.0.